The zero-order valence-electron chi connectivity index (χ0n) is 13.4. The first-order valence-corrected chi connectivity index (χ1v) is 6.96. The molecule has 2 amide bonds. The van der Waals surface area contributed by atoms with E-state index < -0.39 is 59.8 Å². The Hall–Kier alpha value is -2.86. The smallest absolute Gasteiger partial charge is 0.420 e. The van der Waals surface area contributed by atoms with Crippen LogP contribution in [0.15, 0.2) is 10.8 Å². The third-order valence-corrected chi connectivity index (χ3v) is 3.11. The van der Waals surface area contributed by atoms with Gasteiger partial charge in [-0.3, -0.25) is 9.59 Å². The van der Waals surface area contributed by atoms with Gasteiger partial charge in [-0.2, -0.15) is 0 Å². The fourth-order valence-corrected chi connectivity index (χ4v) is 2.13. The summed E-state index contributed by atoms with van der Waals surface area (Å²) < 4.78 is 4.97. The van der Waals surface area contributed by atoms with Crippen molar-refractivity contribution < 1.29 is 34.4 Å². The van der Waals surface area contributed by atoms with Gasteiger partial charge in [-0.15, -0.1) is 11.5 Å². The molecular formula is C15H9N5O7. The van der Waals surface area contributed by atoms with Gasteiger partial charge in [0.1, 0.15) is 24.2 Å². The fraction of sp³-hybridized carbons (Fsp3) is 0.333. The Balaban J connectivity index is 3.43. The number of hydrogen-bond donors (Lipinski definition) is 0. The van der Waals surface area contributed by atoms with Crippen LogP contribution in [0, 0.1) is 33.0 Å². The summed E-state index contributed by atoms with van der Waals surface area (Å²) in [6.07, 6.45) is -0.382. The van der Waals surface area contributed by atoms with Crippen molar-refractivity contribution in [3.8, 4) is 0 Å². The summed E-state index contributed by atoms with van der Waals surface area (Å²) in [6.45, 7) is 6.98. The molecule has 5 atom stereocenters. The number of carbonyl (C=O) groups is 3. The first-order chi connectivity index (χ1) is 12.6. The maximum atomic E-state index is 11.9. The van der Waals surface area contributed by atoms with E-state index in [4.69, 9.17) is 16.2 Å². The van der Waals surface area contributed by atoms with Gasteiger partial charge in [0.25, 0.3) is 5.96 Å². The van der Waals surface area contributed by atoms with Crippen molar-refractivity contribution >= 4 is 23.7 Å². The lowest BCUT2D eigenvalue weighted by Crippen LogP contribution is -2.60. The lowest BCUT2D eigenvalue weighted by molar-refractivity contribution is -0.147. The van der Waals surface area contributed by atoms with E-state index in [-0.39, 0.29) is 0 Å². The van der Waals surface area contributed by atoms with Crippen molar-refractivity contribution in [1.29, 1.82) is 0 Å². The number of amides is 2. The number of rotatable bonds is 8. The molecule has 1 heterocycles. The summed E-state index contributed by atoms with van der Waals surface area (Å²) in [4.78, 5) is 37.1. The number of hydrogen-bond acceptors (Lipinski definition) is 5. The second kappa shape index (κ2) is 9.73. The summed E-state index contributed by atoms with van der Waals surface area (Å²) in [6, 6.07) is -5.29. The van der Waals surface area contributed by atoms with E-state index in [9.17, 15) is 29.7 Å². The van der Waals surface area contributed by atoms with Gasteiger partial charge in [0.05, 0.1) is 6.42 Å². The largest absolute Gasteiger partial charge is 0.478 e. The van der Waals surface area contributed by atoms with Crippen LogP contribution in [-0.2, 0) is 34.4 Å². The Kier molecular flexibility index (Phi) is 7.99. The summed E-state index contributed by atoms with van der Waals surface area (Å²) in [7, 11) is 0. The first kappa shape index (κ1) is 22.2. The molecule has 0 aromatic carbocycles. The van der Waals surface area contributed by atoms with E-state index in [0.29, 0.717) is 0 Å². The number of nitrogens with zero attached hydrogens (tertiary/aromatic N) is 5. The molecule has 1 rings (SSSR count). The molecule has 27 heavy (non-hydrogen) atoms. The predicted molar refractivity (Wildman–Crippen MR) is 77.0 cm³/mol. The van der Waals surface area contributed by atoms with Gasteiger partial charge in [-0.05, 0) is 6.92 Å². The average molecular weight is 371 g/mol. The minimum Gasteiger partial charge on any atom is -0.478 e. The van der Waals surface area contributed by atoms with Gasteiger partial charge >= 0.3 is 5.97 Å². The normalized spacial score (nSPS) is 23.9. The summed E-state index contributed by atoms with van der Waals surface area (Å²) in [5.74, 6) is -6.81. The van der Waals surface area contributed by atoms with Crippen LogP contribution in [0.5, 0.6) is 0 Å². The van der Waals surface area contributed by atoms with Crippen LogP contribution >= 0.6 is 0 Å². The molecule has 0 aromatic heterocycles. The van der Waals surface area contributed by atoms with Gasteiger partial charge in [0.15, 0.2) is 6.10 Å². The Morgan fingerprint density at radius 3 is 2.37 bits per heavy atom. The Bertz CT molecular complexity index is 632. The highest BCUT2D eigenvalue weighted by atomic mass is 16.5. The van der Waals surface area contributed by atoms with E-state index in [2.05, 4.69) is 29.5 Å². The monoisotopic (exact) mass is 371 g/mol. The minimum absolute atomic E-state index is 1.02. The molecule has 0 unspecified atom stereocenters. The Labute approximate surface area is 155 Å². The number of ether oxygens (including phenoxy) is 1. The average Bonchev–Trinajstić information content (AvgIpc) is 2.59. The predicted octanol–water partition coefficient (Wildman–Crippen LogP) is -3.09. The van der Waals surface area contributed by atoms with Crippen LogP contribution in [0.4, 0.5) is 0 Å². The molecule has 0 saturated carbocycles. The molecule has 1 aliphatic rings. The quantitative estimate of drug-likeness (QED) is 0.321. The molecule has 12 heteroatoms. The SMILES string of the molecule is [CH2][C]C(=O)[N][C@@H]([C@@H]1OC(C([O])=O)=[C][C@H](N=C([N])[N])[C@H]1[N]C([CH2])=O)[C@H]([O])[C][O]. The number of aliphatic imine (C=N–C) groups is 1. The van der Waals surface area contributed by atoms with Crippen LogP contribution in [0.25, 0.3) is 0 Å². The first-order valence-electron chi connectivity index (χ1n) is 6.96. The lowest BCUT2D eigenvalue weighted by Gasteiger charge is -2.37. The van der Waals surface area contributed by atoms with Crippen molar-refractivity contribution in [1.82, 2.24) is 22.1 Å². The molecule has 12 nitrogen and oxygen atoms in total. The van der Waals surface area contributed by atoms with Crippen LogP contribution < -0.4 is 22.1 Å². The summed E-state index contributed by atoms with van der Waals surface area (Å²) >= 11 is 0. The fourth-order valence-electron chi connectivity index (χ4n) is 2.13. The van der Waals surface area contributed by atoms with Crippen molar-refractivity contribution in [3.63, 3.8) is 0 Å². The lowest BCUT2D eigenvalue weighted by atomic mass is 9.90. The van der Waals surface area contributed by atoms with Crippen LogP contribution in [0.2, 0.25) is 0 Å². The molecule has 136 valence electrons. The Morgan fingerprint density at radius 1 is 1.30 bits per heavy atom. The molecule has 1 aliphatic heterocycles. The second-order valence-electron chi connectivity index (χ2n) is 4.87. The zero-order chi connectivity index (χ0) is 20.7. The van der Waals surface area contributed by atoms with E-state index in [1.54, 1.807) is 6.42 Å². The molecule has 0 bridgehead atoms. The highest BCUT2D eigenvalue weighted by Gasteiger charge is 2.48. The maximum absolute atomic E-state index is 11.9. The molecule has 0 saturated heterocycles. The Morgan fingerprint density at radius 2 is 1.93 bits per heavy atom. The molecule has 0 fully saturated rings. The maximum Gasteiger partial charge on any atom is 0.420 e. The standard InChI is InChI=1S/C15H9N5O7/c1-3-10(24)20-12(8(23)5-21)13-11(18-6(2)22)7(19-15(16)17)4-9(27-13)14(25)26/h7-8,11-13H,1-2H2/t7-,8+,11+,12+,13+/m0/s1. The molecule has 0 aromatic rings. The van der Waals surface area contributed by atoms with E-state index >= 15 is 0 Å². The van der Waals surface area contributed by atoms with Gasteiger partial charge in [0, 0.05) is 13.0 Å². The summed E-state index contributed by atoms with van der Waals surface area (Å²) in [5.41, 5.74) is 17.9. The molecule has 0 spiro atoms. The van der Waals surface area contributed by atoms with Gasteiger partial charge in [-0.25, -0.2) is 35.7 Å². The third kappa shape index (κ3) is 6.11. The van der Waals surface area contributed by atoms with Crippen LogP contribution in [-0.4, -0.2) is 54.1 Å². The van der Waals surface area contributed by atoms with Gasteiger partial charge < -0.3 is 4.74 Å². The van der Waals surface area contributed by atoms with Crippen molar-refractivity contribution in [2.75, 3.05) is 0 Å². The number of carbonyl (C=O) groups excluding carboxylic acids is 3. The molecule has 0 aliphatic carbocycles. The van der Waals surface area contributed by atoms with Crippen molar-refractivity contribution in [3.05, 3.63) is 38.7 Å². The highest BCUT2D eigenvalue weighted by molar-refractivity contribution is 5.86. The third-order valence-electron chi connectivity index (χ3n) is 3.11. The van der Waals surface area contributed by atoms with Gasteiger partial charge in [0.2, 0.25) is 24.2 Å². The van der Waals surface area contributed by atoms with Crippen LogP contribution in [0.3, 0.4) is 0 Å². The summed E-state index contributed by atoms with van der Waals surface area (Å²) in [5, 5.41) is 40.6. The number of guanidine groups is 1. The minimum atomic E-state index is -2.38. The second-order valence-corrected chi connectivity index (χ2v) is 4.87. The zero-order valence-corrected chi connectivity index (χ0v) is 13.4. The van der Waals surface area contributed by atoms with E-state index in [1.165, 1.54) is 0 Å². The van der Waals surface area contributed by atoms with Gasteiger partial charge in [-0.1, -0.05) is 0 Å². The van der Waals surface area contributed by atoms with E-state index in [1.807, 2.05) is 6.08 Å². The van der Waals surface area contributed by atoms with Crippen LogP contribution in [0.1, 0.15) is 0 Å². The van der Waals surface area contributed by atoms with Crippen molar-refractivity contribution in [2.24, 2.45) is 4.99 Å². The molecular weight excluding hydrogens is 362 g/mol. The van der Waals surface area contributed by atoms with E-state index in [0.717, 1.165) is 6.61 Å². The molecule has 16 radical (unpaired) electrons. The highest BCUT2D eigenvalue weighted by Crippen LogP contribution is 2.26. The topological polar surface area (TPSA) is 205 Å². The van der Waals surface area contributed by atoms with Crippen molar-refractivity contribution in [2.45, 2.75) is 30.3 Å². The molecule has 0 N–H and O–H groups in total.